The number of aromatic nitrogens is 1. The zero-order chi connectivity index (χ0) is 22.1. The maximum absolute atomic E-state index is 13.6. The van der Waals surface area contributed by atoms with Crippen LogP contribution < -0.4 is 4.74 Å². The van der Waals surface area contributed by atoms with E-state index in [0.29, 0.717) is 16.8 Å². The predicted molar refractivity (Wildman–Crippen MR) is 122 cm³/mol. The van der Waals surface area contributed by atoms with Gasteiger partial charge in [-0.05, 0) is 69.0 Å². The summed E-state index contributed by atoms with van der Waals surface area (Å²) in [5, 5.41) is 1.26. The third-order valence-electron chi connectivity index (χ3n) is 5.74. The first-order chi connectivity index (χ1) is 14.8. The first-order valence-corrected chi connectivity index (χ1v) is 11.1. The Morgan fingerprint density at radius 2 is 1.94 bits per heavy atom. The Morgan fingerprint density at radius 3 is 2.65 bits per heavy atom. The van der Waals surface area contributed by atoms with Crippen molar-refractivity contribution in [3.8, 4) is 16.9 Å². The molecule has 7 heteroatoms. The van der Waals surface area contributed by atoms with Gasteiger partial charge in [-0.15, -0.1) is 0 Å². The Kier molecular flexibility index (Phi) is 6.35. The van der Waals surface area contributed by atoms with E-state index in [-0.39, 0.29) is 22.0 Å². The largest absolute Gasteiger partial charge is 0.481 e. The van der Waals surface area contributed by atoms with Gasteiger partial charge in [0.1, 0.15) is 11.6 Å². The van der Waals surface area contributed by atoms with Crippen LogP contribution in [0.2, 0.25) is 10.0 Å². The van der Waals surface area contributed by atoms with Crippen molar-refractivity contribution in [3.05, 3.63) is 58.5 Å². The van der Waals surface area contributed by atoms with Gasteiger partial charge in [0.05, 0.1) is 15.6 Å². The van der Waals surface area contributed by atoms with Gasteiger partial charge in [0, 0.05) is 35.8 Å². The van der Waals surface area contributed by atoms with E-state index in [1.807, 2.05) is 11.0 Å². The number of pyridine rings is 1. The van der Waals surface area contributed by atoms with Crippen molar-refractivity contribution in [2.75, 3.05) is 6.54 Å². The van der Waals surface area contributed by atoms with Crippen molar-refractivity contribution in [1.82, 2.24) is 9.88 Å². The zero-order valence-electron chi connectivity index (χ0n) is 17.4. The number of benzene rings is 2. The number of fused-ring (bicyclic) bond motifs is 1. The molecule has 0 unspecified atom stereocenters. The van der Waals surface area contributed by atoms with Gasteiger partial charge in [0.25, 0.3) is 5.91 Å². The third-order valence-corrected chi connectivity index (χ3v) is 6.33. The number of amides is 1. The van der Waals surface area contributed by atoms with Crippen molar-refractivity contribution in [2.24, 2.45) is 0 Å². The minimum Gasteiger partial charge on any atom is -0.481 e. The van der Waals surface area contributed by atoms with E-state index >= 15 is 0 Å². The van der Waals surface area contributed by atoms with Crippen LogP contribution in [-0.2, 0) is 4.79 Å². The summed E-state index contributed by atoms with van der Waals surface area (Å²) in [4.78, 5) is 19.2. The van der Waals surface area contributed by atoms with Gasteiger partial charge in [-0.3, -0.25) is 9.78 Å². The molecule has 4 rings (SSSR count). The van der Waals surface area contributed by atoms with Crippen LogP contribution in [-0.4, -0.2) is 34.5 Å². The Balaban J connectivity index is 1.62. The minimum atomic E-state index is -0.595. The summed E-state index contributed by atoms with van der Waals surface area (Å²) >= 11 is 12.6. The molecule has 2 atom stereocenters. The Labute approximate surface area is 190 Å². The van der Waals surface area contributed by atoms with E-state index in [2.05, 4.69) is 11.9 Å². The summed E-state index contributed by atoms with van der Waals surface area (Å²) in [6.45, 7) is 4.63. The average Bonchev–Trinajstić information content (AvgIpc) is 2.73. The number of rotatable bonds is 4. The number of hydrogen-bond donors (Lipinski definition) is 0. The molecule has 1 aliphatic rings. The Bertz CT molecular complexity index is 1110. The lowest BCUT2D eigenvalue weighted by Gasteiger charge is -2.35. The minimum absolute atomic E-state index is 0.00103. The first-order valence-electron chi connectivity index (χ1n) is 10.4. The molecule has 0 bridgehead atoms. The topological polar surface area (TPSA) is 42.4 Å². The molecule has 0 saturated carbocycles. The number of nitrogens with zero attached hydrogens (tertiary/aromatic N) is 2. The van der Waals surface area contributed by atoms with Crippen LogP contribution in [0.15, 0.2) is 42.6 Å². The fourth-order valence-corrected chi connectivity index (χ4v) is 4.80. The second kappa shape index (κ2) is 9.01. The summed E-state index contributed by atoms with van der Waals surface area (Å²) in [6.07, 6.45) is 4.25. The molecule has 1 amide bonds. The number of carbonyl (C=O) groups is 1. The highest BCUT2D eigenvalue weighted by molar-refractivity contribution is 6.39. The molecule has 1 aliphatic heterocycles. The molecule has 2 heterocycles. The maximum atomic E-state index is 13.6. The van der Waals surface area contributed by atoms with Gasteiger partial charge in [-0.1, -0.05) is 23.2 Å². The van der Waals surface area contributed by atoms with E-state index < -0.39 is 11.9 Å². The van der Waals surface area contributed by atoms with Crippen LogP contribution in [0.3, 0.4) is 0 Å². The normalized spacial score (nSPS) is 17.6. The quantitative estimate of drug-likeness (QED) is 0.445. The summed E-state index contributed by atoms with van der Waals surface area (Å²) in [5.41, 5.74) is 1.96. The fraction of sp³-hybridized carbons (Fsp3) is 0.333. The summed E-state index contributed by atoms with van der Waals surface area (Å²) < 4.78 is 19.6. The van der Waals surface area contributed by atoms with Crippen LogP contribution in [0.25, 0.3) is 22.0 Å². The molecular formula is C24H23Cl2FN2O2. The molecule has 1 saturated heterocycles. The molecule has 0 aliphatic carbocycles. The van der Waals surface area contributed by atoms with Gasteiger partial charge in [-0.2, -0.15) is 0 Å². The second-order valence-corrected chi connectivity index (χ2v) is 8.73. The number of carbonyl (C=O) groups excluding carboxylic acids is 1. The van der Waals surface area contributed by atoms with E-state index in [1.165, 1.54) is 12.1 Å². The van der Waals surface area contributed by atoms with Gasteiger partial charge in [0.15, 0.2) is 6.10 Å². The molecule has 2 aromatic carbocycles. The number of hydrogen-bond acceptors (Lipinski definition) is 3. The summed E-state index contributed by atoms with van der Waals surface area (Å²) in [7, 11) is 0. The maximum Gasteiger partial charge on any atom is 0.263 e. The molecule has 4 nitrogen and oxygen atoms in total. The highest BCUT2D eigenvalue weighted by Crippen LogP contribution is 2.39. The van der Waals surface area contributed by atoms with Gasteiger partial charge < -0.3 is 9.64 Å². The lowest BCUT2D eigenvalue weighted by atomic mass is 10.0. The number of likely N-dealkylation sites (tertiary alicyclic amines) is 1. The van der Waals surface area contributed by atoms with E-state index in [9.17, 15) is 9.18 Å². The van der Waals surface area contributed by atoms with Gasteiger partial charge >= 0.3 is 0 Å². The van der Waals surface area contributed by atoms with Crippen LogP contribution in [0, 0.1) is 5.82 Å². The third kappa shape index (κ3) is 4.48. The number of halogens is 3. The van der Waals surface area contributed by atoms with Crippen LogP contribution in [0.4, 0.5) is 4.39 Å². The Hall–Kier alpha value is -2.37. The molecule has 3 aromatic rings. The smallest absolute Gasteiger partial charge is 0.263 e. The molecule has 31 heavy (non-hydrogen) atoms. The Morgan fingerprint density at radius 1 is 1.19 bits per heavy atom. The number of ether oxygens (including phenoxy) is 1. The SMILES string of the molecule is C[C@@H]1CCCCN1C(=O)[C@@H](C)Oc1ccc2c(-c3c(Cl)cc(F)cc3Cl)ccnc2c1. The second-order valence-electron chi connectivity index (χ2n) is 7.92. The van der Waals surface area contributed by atoms with Crippen molar-refractivity contribution < 1.29 is 13.9 Å². The monoisotopic (exact) mass is 460 g/mol. The van der Waals surface area contributed by atoms with Crippen molar-refractivity contribution in [3.63, 3.8) is 0 Å². The van der Waals surface area contributed by atoms with Crippen LogP contribution in [0.1, 0.15) is 33.1 Å². The summed E-state index contributed by atoms with van der Waals surface area (Å²) in [6, 6.07) is 9.93. The van der Waals surface area contributed by atoms with Crippen LogP contribution >= 0.6 is 23.2 Å². The lowest BCUT2D eigenvalue weighted by Crippen LogP contribution is -2.47. The molecule has 1 aromatic heterocycles. The molecule has 0 spiro atoms. The zero-order valence-corrected chi connectivity index (χ0v) is 18.9. The van der Waals surface area contributed by atoms with Crippen LogP contribution in [0.5, 0.6) is 5.75 Å². The molecular weight excluding hydrogens is 438 g/mol. The molecule has 0 N–H and O–H groups in total. The highest BCUT2D eigenvalue weighted by atomic mass is 35.5. The van der Waals surface area contributed by atoms with E-state index in [0.717, 1.165) is 36.8 Å². The average molecular weight is 461 g/mol. The number of piperidine rings is 1. The molecule has 0 radical (unpaired) electrons. The predicted octanol–water partition coefficient (Wildman–Crippen LogP) is 6.52. The molecule has 162 valence electrons. The van der Waals surface area contributed by atoms with Crippen molar-refractivity contribution >= 4 is 40.0 Å². The van der Waals surface area contributed by atoms with Crippen molar-refractivity contribution in [2.45, 2.75) is 45.3 Å². The van der Waals surface area contributed by atoms with Gasteiger partial charge in [-0.25, -0.2) is 4.39 Å². The highest BCUT2D eigenvalue weighted by Gasteiger charge is 2.28. The van der Waals surface area contributed by atoms with E-state index in [1.54, 1.807) is 31.3 Å². The fourth-order valence-electron chi connectivity index (χ4n) is 4.13. The lowest BCUT2D eigenvalue weighted by molar-refractivity contribution is -0.141. The first kappa shape index (κ1) is 21.8. The summed E-state index contributed by atoms with van der Waals surface area (Å²) in [5.74, 6) is 0.0623. The van der Waals surface area contributed by atoms with Crippen molar-refractivity contribution in [1.29, 1.82) is 0 Å². The van der Waals surface area contributed by atoms with Gasteiger partial charge in [0.2, 0.25) is 0 Å². The van der Waals surface area contributed by atoms with E-state index in [4.69, 9.17) is 27.9 Å². The standard InChI is InChI=1S/C24H23Cl2FN2O2/c1-14-5-3-4-10-29(14)24(30)15(2)31-17-6-7-18-19(8-9-28-22(18)13-17)23-20(25)11-16(27)12-21(23)26/h6-9,11-15H,3-5,10H2,1-2H3/t14-,15-/m1/s1. The molecule has 1 fully saturated rings.